The quantitative estimate of drug-likeness (QED) is 0.633. The molecule has 1 atom stereocenters. The van der Waals surface area contributed by atoms with Crippen molar-refractivity contribution in [3.05, 3.63) is 12.2 Å². The third-order valence-electron chi connectivity index (χ3n) is 2.92. The lowest BCUT2D eigenvalue weighted by molar-refractivity contribution is -0.112. The first kappa shape index (κ1) is 10.7. The Hall–Kier alpha value is -0.340. The molecule has 13 heavy (non-hydrogen) atoms. The minimum Gasteiger partial charge on any atom is -0.382 e. The van der Waals surface area contributed by atoms with Gasteiger partial charge in [-0.1, -0.05) is 6.58 Å². The number of hydrogen-bond acceptors (Lipinski definition) is 2. The summed E-state index contributed by atoms with van der Waals surface area (Å²) >= 11 is 0. The lowest BCUT2D eigenvalue weighted by Gasteiger charge is -2.35. The SMILES string of the molecule is C=C(C)C1(O)CC(C)(C)OC1(C)C. The summed E-state index contributed by atoms with van der Waals surface area (Å²) in [7, 11) is 0. The first-order valence-corrected chi connectivity index (χ1v) is 4.69. The van der Waals surface area contributed by atoms with Crippen molar-refractivity contribution < 1.29 is 9.84 Å². The zero-order valence-corrected chi connectivity index (χ0v) is 9.27. The van der Waals surface area contributed by atoms with Gasteiger partial charge in [0.2, 0.25) is 0 Å². The first-order chi connectivity index (χ1) is 5.61. The van der Waals surface area contributed by atoms with E-state index < -0.39 is 11.2 Å². The molecule has 76 valence electrons. The molecule has 2 nitrogen and oxygen atoms in total. The average molecular weight is 184 g/mol. The Morgan fingerprint density at radius 1 is 1.31 bits per heavy atom. The molecule has 1 aliphatic heterocycles. The topological polar surface area (TPSA) is 29.5 Å². The second-order valence-electron chi connectivity index (χ2n) is 5.19. The van der Waals surface area contributed by atoms with E-state index in [2.05, 4.69) is 6.58 Å². The standard InChI is InChI=1S/C11H20O2/c1-8(2)11(12)7-9(3,4)13-10(11,5)6/h12H,1,7H2,2-6H3. The van der Waals surface area contributed by atoms with E-state index in [1.807, 2.05) is 34.6 Å². The van der Waals surface area contributed by atoms with Gasteiger partial charge in [0.1, 0.15) is 5.60 Å². The summed E-state index contributed by atoms with van der Waals surface area (Å²) in [5.74, 6) is 0. The second-order valence-corrected chi connectivity index (χ2v) is 5.19. The van der Waals surface area contributed by atoms with Crippen LogP contribution < -0.4 is 0 Å². The molecule has 1 aliphatic rings. The van der Waals surface area contributed by atoms with E-state index >= 15 is 0 Å². The minimum atomic E-state index is -0.892. The van der Waals surface area contributed by atoms with E-state index in [9.17, 15) is 5.11 Å². The summed E-state index contributed by atoms with van der Waals surface area (Å²) < 4.78 is 5.80. The number of aliphatic hydroxyl groups is 1. The van der Waals surface area contributed by atoms with Gasteiger partial charge in [-0.15, -0.1) is 0 Å². The summed E-state index contributed by atoms with van der Waals surface area (Å²) in [6.45, 7) is 13.5. The predicted molar refractivity (Wildman–Crippen MR) is 53.6 cm³/mol. The van der Waals surface area contributed by atoms with Crippen LogP contribution in [-0.2, 0) is 4.74 Å². The Bertz CT molecular complexity index is 240. The maximum atomic E-state index is 10.4. The fourth-order valence-electron chi connectivity index (χ4n) is 2.30. The Balaban J connectivity index is 3.07. The molecule has 1 saturated heterocycles. The number of ether oxygens (including phenoxy) is 1. The van der Waals surface area contributed by atoms with Crippen molar-refractivity contribution in [3.63, 3.8) is 0 Å². The van der Waals surface area contributed by atoms with E-state index in [0.29, 0.717) is 6.42 Å². The Morgan fingerprint density at radius 3 is 1.92 bits per heavy atom. The molecule has 1 fully saturated rings. The number of hydrogen-bond donors (Lipinski definition) is 1. The maximum Gasteiger partial charge on any atom is 0.116 e. The van der Waals surface area contributed by atoms with Gasteiger partial charge in [-0.05, 0) is 40.2 Å². The van der Waals surface area contributed by atoms with Gasteiger partial charge >= 0.3 is 0 Å². The Morgan fingerprint density at radius 2 is 1.77 bits per heavy atom. The van der Waals surface area contributed by atoms with Crippen molar-refractivity contribution in [1.29, 1.82) is 0 Å². The average Bonchev–Trinajstić information content (AvgIpc) is 1.97. The van der Waals surface area contributed by atoms with E-state index in [0.717, 1.165) is 5.57 Å². The van der Waals surface area contributed by atoms with Crippen molar-refractivity contribution >= 4 is 0 Å². The van der Waals surface area contributed by atoms with Crippen molar-refractivity contribution in [1.82, 2.24) is 0 Å². The molecule has 0 amide bonds. The van der Waals surface area contributed by atoms with E-state index in [-0.39, 0.29) is 5.60 Å². The van der Waals surface area contributed by atoms with Crippen molar-refractivity contribution in [2.24, 2.45) is 0 Å². The van der Waals surface area contributed by atoms with Gasteiger partial charge in [0, 0.05) is 6.42 Å². The molecule has 0 bridgehead atoms. The van der Waals surface area contributed by atoms with Gasteiger partial charge in [-0.3, -0.25) is 0 Å². The van der Waals surface area contributed by atoms with Crippen LogP contribution in [0.5, 0.6) is 0 Å². The molecule has 0 aromatic carbocycles. The third-order valence-corrected chi connectivity index (χ3v) is 2.92. The highest BCUT2D eigenvalue weighted by molar-refractivity contribution is 5.22. The molecular weight excluding hydrogens is 164 g/mol. The van der Waals surface area contributed by atoms with Crippen molar-refractivity contribution in [2.45, 2.75) is 57.8 Å². The zero-order chi connectivity index (χ0) is 10.5. The zero-order valence-electron chi connectivity index (χ0n) is 9.27. The first-order valence-electron chi connectivity index (χ1n) is 4.69. The van der Waals surface area contributed by atoms with Gasteiger partial charge in [0.25, 0.3) is 0 Å². The summed E-state index contributed by atoms with van der Waals surface area (Å²) in [6.07, 6.45) is 0.613. The highest BCUT2D eigenvalue weighted by atomic mass is 16.5. The fourth-order valence-corrected chi connectivity index (χ4v) is 2.30. The summed E-state index contributed by atoms with van der Waals surface area (Å²) in [5.41, 5.74) is -0.918. The van der Waals surface area contributed by atoms with Crippen LogP contribution in [0.4, 0.5) is 0 Å². The molecule has 1 N–H and O–H groups in total. The molecule has 1 unspecified atom stereocenters. The molecule has 1 rings (SSSR count). The molecule has 0 spiro atoms. The van der Waals surface area contributed by atoms with E-state index in [4.69, 9.17) is 4.74 Å². The molecule has 0 saturated carbocycles. The van der Waals surface area contributed by atoms with Gasteiger partial charge in [-0.25, -0.2) is 0 Å². The van der Waals surface area contributed by atoms with E-state index in [1.165, 1.54) is 0 Å². The van der Waals surface area contributed by atoms with Crippen LogP contribution in [0.1, 0.15) is 41.0 Å². The van der Waals surface area contributed by atoms with Crippen LogP contribution >= 0.6 is 0 Å². The highest BCUT2D eigenvalue weighted by Gasteiger charge is 2.56. The summed E-state index contributed by atoms with van der Waals surface area (Å²) in [4.78, 5) is 0. The molecular formula is C11H20O2. The predicted octanol–water partition coefficient (Wildman–Crippen LogP) is 2.27. The summed E-state index contributed by atoms with van der Waals surface area (Å²) in [5, 5.41) is 10.4. The molecule has 0 aromatic rings. The second kappa shape index (κ2) is 2.58. The normalized spacial score (nSPS) is 36.2. The molecule has 1 heterocycles. The van der Waals surface area contributed by atoms with Crippen LogP contribution in [0.15, 0.2) is 12.2 Å². The number of rotatable bonds is 1. The third kappa shape index (κ3) is 1.53. The fraction of sp³-hybridized carbons (Fsp3) is 0.818. The Kier molecular flexibility index (Phi) is 2.13. The van der Waals surface area contributed by atoms with Crippen LogP contribution in [0.2, 0.25) is 0 Å². The van der Waals surface area contributed by atoms with E-state index in [1.54, 1.807) is 0 Å². The lowest BCUT2D eigenvalue weighted by atomic mass is 9.78. The van der Waals surface area contributed by atoms with Crippen LogP contribution in [0.3, 0.4) is 0 Å². The highest BCUT2D eigenvalue weighted by Crippen LogP contribution is 2.47. The Labute approximate surface area is 80.6 Å². The van der Waals surface area contributed by atoms with Crippen LogP contribution in [0.25, 0.3) is 0 Å². The van der Waals surface area contributed by atoms with Gasteiger partial charge < -0.3 is 9.84 Å². The lowest BCUT2D eigenvalue weighted by Crippen LogP contribution is -2.46. The smallest absolute Gasteiger partial charge is 0.116 e. The van der Waals surface area contributed by atoms with Crippen molar-refractivity contribution in [3.8, 4) is 0 Å². The monoisotopic (exact) mass is 184 g/mol. The van der Waals surface area contributed by atoms with Gasteiger partial charge in [-0.2, -0.15) is 0 Å². The van der Waals surface area contributed by atoms with Crippen LogP contribution in [-0.4, -0.2) is 21.9 Å². The van der Waals surface area contributed by atoms with Crippen LogP contribution in [0, 0.1) is 0 Å². The molecule has 0 radical (unpaired) electrons. The molecule has 0 aromatic heterocycles. The maximum absolute atomic E-state index is 10.4. The van der Waals surface area contributed by atoms with Crippen molar-refractivity contribution in [2.75, 3.05) is 0 Å². The molecule has 2 heteroatoms. The summed E-state index contributed by atoms with van der Waals surface area (Å²) in [6, 6.07) is 0. The van der Waals surface area contributed by atoms with Gasteiger partial charge in [0.05, 0.1) is 11.2 Å². The minimum absolute atomic E-state index is 0.267. The molecule has 0 aliphatic carbocycles. The largest absolute Gasteiger partial charge is 0.382 e. The van der Waals surface area contributed by atoms with Gasteiger partial charge in [0.15, 0.2) is 0 Å².